The first-order valence-corrected chi connectivity index (χ1v) is 13.4. The Morgan fingerprint density at radius 2 is 1.68 bits per heavy atom. The summed E-state index contributed by atoms with van der Waals surface area (Å²) in [6.45, 7) is 8.32. The number of carbonyl (C=O) groups is 1. The Hall–Kier alpha value is -4.15. The zero-order valence-corrected chi connectivity index (χ0v) is 23.0. The fourth-order valence-corrected chi connectivity index (χ4v) is 5.35. The number of nitrogens with two attached hydrogens (primary N) is 1. The number of alkyl carbamates (subject to hydrolysis) is 1. The third-order valence-corrected chi connectivity index (χ3v) is 8.21. The van der Waals surface area contributed by atoms with Crippen LogP contribution in [0.15, 0.2) is 66.5 Å². The number of nitrogen functional groups attached to an aromatic ring is 1. The summed E-state index contributed by atoms with van der Waals surface area (Å²) in [5.41, 5.74) is 11.8. The molecule has 1 fully saturated rings. The van der Waals surface area contributed by atoms with E-state index in [1.165, 1.54) is 17.5 Å². The van der Waals surface area contributed by atoms with Crippen molar-refractivity contribution < 1.29 is 18.8 Å². The zero-order chi connectivity index (χ0) is 28.1. The number of nitrogens with one attached hydrogen (secondary N) is 2. The predicted molar refractivity (Wildman–Crippen MR) is 155 cm³/mol. The highest BCUT2D eigenvalue weighted by atomic mass is 16.7. The molecule has 9 nitrogen and oxygen atoms in total. The van der Waals surface area contributed by atoms with E-state index in [0.717, 1.165) is 16.7 Å². The van der Waals surface area contributed by atoms with E-state index in [4.69, 9.17) is 19.8 Å². The number of hydrogen-bond donors (Lipinski definition) is 3. The molecular formula is C30H32BN5O4. The molecular weight excluding hydrogens is 505 g/mol. The smallest absolute Gasteiger partial charge is 0.449 e. The maximum atomic E-state index is 13.0. The van der Waals surface area contributed by atoms with Crippen molar-refractivity contribution in [3.63, 3.8) is 0 Å². The molecule has 1 aliphatic carbocycles. The average Bonchev–Trinajstić information content (AvgIpc) is 3.55. The largest absolute Gasteiger partial charge is 0.492 e. The van der Waals surface area contributed by atoms with Crippen molar-refractivity contribution in [2.75, 3.05) is 18.9 Å². The molecule has 3 heterocycles. The van der Waals surface area contributed by atoms with E-state index in [9.17, 15) is 4.79 Å². The van der Waals surface area contributed by atoms with E-state index in [1.54, 1.807) is 6.20 Å². The van der Waals surface area contributed by atoms with Gasteiger partial charge in [-0.25, -0.2) is 14.8 Å². The van der Waals surface area contributed by atoms with Gasteiger partial charge >= 0.3 is 13.2 Å². The minimum absolute atomic E-state index is 0.0227. The summed E-state index contributed by atoms with van der Waals surface area (Å²) in [5.74, 6) is 0.334. The summed E-state index contributed by atoms with van der Waals surface area (Å²) in [5, 5.41) is 3.59. The normalized spacial score (nSPS) is 17.6. The standard InChI is InChI=1S/C30H32BN5O4/c1-29(2)30(3,4)40-31(39-29)19(13-18-14-33-27-25(18)26(32)35-17-36-27)15-34-28(37)38-16-24-22-11-7-5-9-20(22)21-10-6-8-12-23(21)24/h5-14,17,24H,15-16H2,1-4H3,(H,34,37)(H3,32,33,35,36). The first-order valence-electron chi connectivity index (χ1n) is 13.4. The van der Waals surface area contributed by atoms with Gasteiger partial charge in [0.2, 0.25) is 0 Å². The second kappa shape index (κ2) is 9.80. The van der Waals surface area contributed by atoms with E-state index < -0.39 is 24.4 Å². The number of aromatic nitrogens is 3. The maximum Gasteiger partial charge on any atom is 0.492 e. The van der Waals surface area contributed by atoms with Crippen molar-refractivity contribution in [1.82, 2.24) is 20.3 Å². The molecule has 2 aromatic carbocycles. The maximum absolute atomic E-state index is 13.0. The van der Waals surface area contributed by atoms with Crippen molar-refractivity contribution in [3.05, 3.63) is 83.2 Å². The van der Waals surface area contributed by atoms with Crippen LogP contribution < -0.4 is 11.1 Å². The van der Waals surface area contributed by atoms with Gasteiger partial charge in [0.1, 0.15) is 24.4 Å². The van der Waals surface area contributed by atoms with Crippen LogP contribution in [0, 0.1) is 0 Å². The molecule has 204 valence electrons. The molecule has 0 saturated carbocycles. The molecule has 0 bridgehead atoms. The Morgan fingerprint density at radius 3 is 2.33 bits per heavy atom. The van der Waals surface area contributed by atoms with E-state index in [2.05, 4.69) is 44.5 Å². The van der Waals surface area contributed by atoms with Crippen LogP contribution in [0.4, 0.5) is 10.6 Å². The number of aromatic amines is 1. The molecule has 0 atom stereocenters. The minimum atomic E-state index is -0.685. The minimum Gasteiger partial charge on any atom is -0.449 e. The molecule has 4 aromatic rings. The molecule has 10 heteroatoms. The fraction of sp³-hybridized carbons (Fsp3) is 0.300. The number of fused-ring (bicyclic) bond motifs is 4. The highest BCUT2D eigenvalue weighted by Crippen LogP contribution is 2.44. The summed E-state index contributed by atoms with van der Waals surface area (Å²) < 4.78 is 18.4. The monoisotopic (exact) mass is 537 g/mol. The number of carbonyl (C=O) groups excluding carboxylic acids is 1. The van der Waals surface area contributed by atoms with Gasteiger partial charge in [0.05, 0.1) is 16.6 Å². The van der Waals surface area contributed by atoms with Crippen LogP contribution in [-0.2, 0) is 14.0 Å². The molecule has 0 spiro atoms. The van der Waals surface area contributed by atoms with Gasteiger partial charge in [-0.15, -0.1) is 0 Å². The van der Waals surface area contributed by atoms with Crippen molar-refractivity contribution in [2.45, 2.75) is 44.8 Å². The first-order chi connectivity index (χ1) is 19.1. The lowest BCUT2D eigenvalue weighted by Gasteiger charge is -2.32. The van der Waals surface area contributed by atoms with Gasteiger partial charge in [-0.3, -0.25) is 0 Å². The summed E-state index contributed by atoms with van der Waals surface area (Å²) in [4.78, 5) is 24.5. The highest BCUT2D eigenvalue weighted by Gasteiger charge is 2.52. The summed E-state index contributed by atoms with van der Waals surface area (Å²) in [6, 6.07) is 16.5. The molecule has 2 aliphatic rings. The lowest BCUT2D eigenvalue weighted by Crippen LogP contribution is -2.41. The summed E-state index contributed by atoms with van der Waals surface area (Å²) >= 11 is 0. The Kier molecular flexibility index (Phi) is 6.39. The Balaban J connectivity index is 1.21. The average molecular weight is 537 g/mol. The molecule has 0 unspecified atom stereocenters. The van der Waals surface area contributed by atoms with Gasteiger partial charge in [0.25, 0.3) is 0 Å². The SMILES string of the molecule is CC1(C)OB(C(=Cc2c[nH]c3ncnc(N)c23)CNC(=O)OCC2c3ccccc3-c3ccccc32)OC1(C)C. The molecule has 0 radical (unpaired) electrons. The number of benzene rings is 2. The second-order valence-corrected chi connectivity index (χ2v) is 11.2. The van der Waals surface area contributed by atoms with Gasteiger partial charge in [-0.1, -0.05) is 54.6 Å². The molecule has 4 N–H and O–H groups in total. The molecule has 40 heavy (non-hydrogen) atoms. The molecule has 1 amide bonds. The van der Waals surface area contributed by atoms with Crippen LogP contribution in [0.25, 0.3) is 28.2 Å². The van der Waals surface area contributed by atoms with E-state index >= 15 is 0 Å². The van der Waals surface area contributed by atoms with E-state index in [1.807, 2.05) is 58.0 Å². The van der Waals surface area contributed by atoms with Gasteiger partial charge < -0.3 is 30.1 Å². The summed E-state index contributed by atoms with van der Waals surface area (Å²) in [6.07, 6.45) is 4.58. The van der Waals surface area contributed by atoms with Crippen molar-refractivity contribution in [2.24, 2.45) is 0 Å². The van der Waals surface area contributed by atoms with Crippen LogP contribution in [0.1, 0.15) is 50.3 Å². The number of rotatable bonds is 6. The number of anilines is 1. The topological polar surface area (TPSA) is 124 Å². The number of hydrogen-bond acceptors (Lipinski definition) is 7. The quantitative estimate of drug-likeness (QED) is 0.293. The van der Waals surface area contributed by atoms with Crippen LogP contribution in [0.3, 0.4) is 0 Å². The number of nitrogens with zero attached hydrogens (tertiary/aromatic N) is 2. The zero-order valence-electron chi connectivity index (χ0n) is 23.0. The van der Waals surface area contributed by atoms with Gasteiger partial charge in [-0.05, 0) is 55.4 Å². The van der Waals surface area contributed by atoms with Crippen LogP contribution in [0.2, 0.25) is 0 Å². The highest BCUT2D eigenvalue weighted by molar-refractivity contribution is 6.56. The van der Waals surface area contributed by atoms with Crippen LogP contribution in [0.5, 0.6) is 0 Å². The molecule has 6 rings (SSSR count). The van der Waals surface area contributed by atoms with Crippen LogP contribution in [-0.4, -0.2) is 52.5 Å². The number of H-pyrrole nitrogens is 1. The second-order valence-electron chi connectivity index (χ2n) is 11.2. The Morgan fingerprint density at radius 1 is 1.05 bits per heavy atom. The van der Waals surface area contributed by atoms with Gasteiger partial charge in [-0.2, -0.15) is 0 Å². The Bertz CT molecular complexity index is 1570. The predicted octanol–water partition coefficient (Wildman–Crippen LogP) is 5.09. The molecule has 1 saturated heterocycles. The molecule has 2 aromatic heterocycles. The van der Waals surface area contributed by atoms with Crippen molar-refractivity contribution >= 4 is 36.1 Å². The number of ether oxygens (including phenoxy) is 1. The van der Waals surface area contributed by atoms with E-state index in [0.29, 0.717) is 22.3 Å². The first kappa shape index (κ1) is 26.1. The van der Waals surface area contributed by atoms with Crippen molar-refractivity contribution in [3.8, 4) is 11.1 Å². The number of amides is 1. The Labute approximate surface area is 233 Å². The molecule has 1 aliphatic heterocycles. The fourth-order valence-electron chi connectivity index (χ4n) is 5.35. The summed E-state index contributed by atoms with van der Waals surface area (Å²) in [7, 11) is -0.685. The van der Waals surface area contributed by atoms with E-state index in [-0.39, 0.29) is 19.1 Å². The third-order valence-electron chi connectivity index (χ3n) is 8.21. The third kappa shape index (κ3) is 4.53. The van der Waals surface area contributed by atoms with Crippen LogP contribution >= 0.6 is 0 Å². The lowest BCUT2D eigenvalue weighted by molar-refractivity contribution is 0.00578. The van der Waals surface area contributed by atoms with Gasteiger partial charge in [0, 0.05) is 24.2 Å². The van der Waals surface area contributed by atoms with Gasteiger partial charge in [0.15, 0.2) is 0 Å². The van der Waals surface area contributed by atoms with Crippen molar-refractivity contribution in [1.29, 1.82) is 0 Å². The lowest BCUT2D eigenvalue weighted by atomic mass is 9.77.